The third-order valence-electron chi connectivity index (χ3n) is 4.55. The Balaban J connectivity index is 2.18. The lowest BCUT2D eigenvalue weighted by atomic mass is 9.75. The number of aliphatic hydroxyl groups excluding tert-OH is 1. The number of hydrogen-bond donors (Lipinski definition) is 2. The number of aromatic nitrogens is 1. The van der Waals surface area contributed by atoms with Crippen molar-refractivity contribution < 1.29 is 9.90 Å². The Morgan fingerprint density at radius 3 is 2.58 bits per heavy atom. The number of aryl methyl sites for hydroxylation is 1. The second-order valence-corrected chi connectivity index (χ2v) is 6.71. The second kappa shape index (κ2) is 8.06. The van der Waals surface area contributed by atoms with Crippen LogP contribution < -0.4 is 5.32 Å². The molecule has 4 nitrogen and oxygen atoms in total. The van der Waals surface area contributed by atoms with Gasteiger partial charge in [0.2, 0.25) is 0 Å². The number of carbonyl (C=O) groups excluding carboxylic acids is 1. The van der Waals surface area contributed by atoms with E-state index in [-0.39, 0.29) is 23.8 Å². The van der Waals surface area contributed by atoms with Gasteiger partial charge in [-0.1, -0.05) is 51.1 Å². The predicted octanol–water partition coefficient (Wildman–Crippen LogP) is 3.18. The SMILES string of the molecule is CCc1cnccc1C(=O)NCC(c1ccccc1)C(C)(C)CO. The molecule has 128 valence electrons. The minimum absolute atomic E-state index is 0.0274. The largest absolute Gasteiger partial charge is 0.396 e. The average Bonchev–Trinajstić information content (AvgIpc) is 2.62. The van der Waals surface area contributed by atoms with Crippen molar-refractivity contribution in [2.24, 2.45) is 5.41 Å². The summed E-state index contributed by atoms with van der Waals surface area (Å²) in [6.07, 6.45) is 4.14. The fraction of sp³-hybridized carbons (Fsp3) is 0.400. The molecule has 2 aromatic rings. The highest BCUT2D eigenvalue weighted by Crippen LogP contribution is 2.34. The quantitative estimate of drug-likeness (QED) is 0.821. The first-order valence-electron chi connectivity index (χ1n) is 8.36. The van der Waals surface area contributed by atoms with E-state index in [1.807, 2.05) is 51.1 Å². The number of aliphatic hydroxyl groups is 1. The van der Waals surface area contributed by atoms with Crippen LogP contribution >= 0.6 is 0 Å². The Hall–Kier alpha value is -2.20. The molecule has 0 fully saturated rings. The molecule has 0 saturated heterocycles. The Bertz CT molecular complexity index is 668. The van der Waals surface area contributed by atoms with E-state index < -0.39 is 0 Å². The first kappa shape index (κ1) is 18.1. The van der Waals surface area contributed by atoms with Crippen LogP contribution in [0.3, 0.4) is 0 Å². The van der Waals surface area contributed by atoms with E-state index in [1.165, 1.54) is 0 Å². The molecule has 0 spiro atoms. The monoisotopic (exact) mass is 326 g/mol. The lowest BCUT2D eigenvalue weighted by Crippen LogP contribution is -2.37. The molecule has 2 N–H and O–H groups in total. The molecule has 2 rings (SSSR count). The predicted molar refractivity (Wildman–Crippen MR) is 96.0 cm³/mol. The normalized spacial score (nSPS) is 12.7. The van der Waals surface area contributed by atoms with E-state index in [0.717, 1.165) is 17.5 Å². The minimum atomic E-state index is -0.333. The van der Waals surface area contributed by atoms with Gasteiger partial charge in [-0.25, -0.2) is 0 Å². The van der Waals surface area contributed by atoms with Crippen molar-refractivity contribution in [1.29, 1.82) is 0 Å². The maximum Gasteiger partial charge on any atom is 0.251 e. The van der Waals surface area contributed by atoms with E-state index in [4.69, 9.17) is 0 Å². The molecule has 0 bridgehead atoms. The van der Waals surface area contributed by atoms with Crippen LogP contribution in [0.5, 0.6) is 0 Å². The number of pyridine rings is 1. The van der Waals surface area contributed by atoms with Crippen molar-refractivity contribution >= 4 is 5.91 Å². The van der Waals surface area contributed by atoms with Crippen molar-refractivity contribution in [2.75, 3.05) is 13.2 Å². The Morgan fingerprint density at radius 1 is 1.25 bits per heavy atom. The zero-order chi connectivity index (χ0) is 17.6. The van der Waals surface area contributed by atoms with Gasteiger partial charge in [-0.3, -0.25) is 9.78 Å². The standard InChI is InChI=1S/C20H26N2O2/c1-4-15-12-21-11-10-17(15)19(24)22-13-18(20(2,3)14-23)16-8-6-5-7-9-16/h5-12,18,23H,4,13-14H2,1-3H3,(H,22,24). The second-order valence-electron chi connectivity index (χ2n) is 6.71. The van der Waals surface area contributed by atoms with E-state index >= 15 is 0 Å². The summed E-state index contributed by atoms with van der Waals surface area (Å²) in [7, 11) is 0. The first-order chi connectivity index (χ1) is 11.5. The molecule has 1 heterocycles. The van der Waals surface area contributed by atoms with Crippen LogP contribution in [-0.4, -0.2) is 29.1 Å². The molecule has 1 unspecified atom stereocenters. The maximum absolute atomic E-state index is 12.6. The summed E-state index contributed by atoms with van der Waals surface area (Å²) in [6.45, 7) is 6.57. The van der Waals surface area contributed by atoms with E-state index in [9.17, 15) is 9.90 Å². The molecule has 1 atom stereocenters. The smallest absolute Gasteiger partial charge is 0.251 e. The molecule has 24 heavy (non-hydrogen) atoms. The lowest BCUT2D eigenvalue weighted by molar-refractivity contribution is 0.0919. The van der Waals surface area contributed by atoms with Gasteiger partial charge in [0, 0.05) is 37.0 Å². The number of hydrogen-bond acceptors (Lipinski definition) is 3. The van der Waals surface area contributed by atoms with Crippen molar-refractivity contribution in [2.45, 2.75) is 33.1 Å². The van der Waals surface area contributed by atoms with Gasteiger partial charge in [0.05, 0.1) is 0 Å². The summed E-state index contributed by atoms with van der Waals surface area (Å²) in [5, 5.41) is 12.8. The van der Waals surface area contributed by atoms with Crippen molar-refractivity contribution in [3.05, 3.63) is 65.5 Å². The summed E-state index contributed by atoms with van der Waals surface area (Å²) in [5.74, 6) is -0.0662. The summed E-state index contributed by atoms with van der Waals surface area (Å²) in [4.78, 5) is 16.7. The van der Waals surface area contributed by atoms with Gasteiger partial charge >= 0.3 is 0 Å². The molecular weight excluding hydrogens is 300 g/mol. The van der Waals surface area contributed by atoms with Crippen LogP contribution in [0.15, 0.2) is 48.8 Å². The highest BCUT2D eigenvalue weighted by molar-refractivity contribution is 5.95. The summed E-state index contributed by atoms with van der Waals surface area (Å²) < 4.78 is 0. The van der Waals surface area contributed by atoms with Gasteiger partial charge in [-0.2, -0.15) is 0 Å². The molecule has 1 amide bonds. The van der Waals surface area contributed by atoms with Crippen LogP contribution in [0.4, 0.5) is 0 Å². The fourth-order valence-electron chi connectivity index (χ4n) is 2.86. The zero-order valence-corrected chi connectivity index (χ0v) is 14.6. The van der Waals surface area contributed by atoms with E-state index in [0.29, 0.717) is 12.1 Å². The number of nitrogens with zero attached hydrogens (tertiary/aromatic N) is 1. The number of rotatable bonds is 7. The van der Waals surface area contributed by atoms with E-state index in [1.54, 1.807) is 18.5 Å². The molecule has 0 radical (unpaired) electrons. The average molecular weight is 326 g/mol. The van der Waals surface area contributed by atoms with Crippen molar-refractivity contribution in [3.63, 3.8) is 0 Å². The zero-order valence-electron chi connectivity index (χ0n) is 14.6. The molecule has 0 aliphatic carbocycles. The van der Waals surface area contributed by atoms with Crippen LogP contribution in [0.1, 0.15) is 48.2 Å². The Kier molecular flexibility index (Phi) is 6.10. The number of nitrogens with one attached hydrogen (secondary N) is 1. The number of amides is 1. The minimum Gasteiger partial charge on any atom is -0.396 e. The van der Waals surface area contributed by atoms with Gasteiger partial charge in [-0.05, 0) is 29.0 Å². The summed E-state index contributed by atoms with van der Waals surface area (Å²) in [6, 6.07) is 11.8. The van der Waals surface area contributed by atoms with Crippen LogP contribution in [0, 0.1) is 5.41 Å². The molecule has 1 aromatic carbocycles. The highest BCUT2D eigenvalue weighted by atomic mass is 16.3. The topological polar surface area (TPSA) is 62.2 Å². The third kappa shape index (κ3) is 4.20. The highest BCUT2D eigenvalue weighted by Gasteiger charge is 2.30. The van der Waals surface area contributed by atoms with Gasteiger partial charge in [0.15, 0.2) is 0 Å². The number of benzene rings is 1. The first-order valence-corrected chi connectivity index (χ1v) is 8.36. The fourth-order valence-corrected chi connectivity index (χ4v) is 2.86. The Morgan fingerprint density at radius 2 is 1.96 bits per heavy atom. The van der Waals surface area contributed by atoms with Crippen LogP contribution in [0.25, 0.3) is 0 Å². The Labute approximate surface area is 143 Å². The molecule has 4 heteroatoms. The van der Waals surface area contributed by atoms with Gasteiger partial charge in [-0.15, -0.1) is 0 Å². The lowest BCUT2D eigenvalue weighted by Gasteiger charge is -2.33. The van der Waals surface area contributed by atoms with Crippen LogP contribution in [-0.2, 0) is 6.42 Å². The molecule has 0 saturated carbocycles. The van der Waals surface area contributed by atoms with Crippen LogP contribution in [0.2, 0.25) is 0 Å². The van der Waals surface area contributed by atoms with Gasteiger partial charge in [0.1, 0.15) is 0 Å². The molecule has 0 aliphatic heterocycles. The molecule has 1 aromatic heterocycles. The summed E-state index contributed by atoms with van der Waals surface area (Å²) in [5.41, 5.74) is 2.39. The third-order valence-corrected chi connectivity index (χ3v) is 4.55. The van der Waals surface area contributed by atoms with Crippen molar-refractivity contribution in [1.82, 2.24) is 10.3 Å². The van der Waals surface area contributed by atoms with Crippen molar-refractivity contribution in [3.8, 4) is 0 Å². The molecule has 0 aliphatic rings. The number of carbonyl (C=O) groups is 1. The van der Waals surface area contributed by atoms with Gasteiger partial charge in [0.25, 0.3) is 5.91 Å². The van der Waals surface area contributed by atoms with Gasteiger partial charge < -0.3 is 10.4 Å². The molecular formula is C20H26N2O2. The van der Waals surface area contributed by atoms with E-state index in [2.05, 4.69) is 10.3 Å². The maximum atomic E-state index is 12.6. The summed E-state index contributed by atoms with van der Waals surface area (Å²) >= 11 is 0.